The molecule has 1 rings (SSSR count). The maximum absolute atomic E-state index is 10.5. The molecule has 0 saturated heterocycles. The summed E-state index contributed by atoms with van der Waals surface area (Å²) in [6.45, 7) is 1.97. The van der Waals surface area contributed by atoms with Crippen molar-refractivity contribution in [2.24, 2.45) is 0 Å². The van der Waals surface area contributed by atoms with Gasteiger partial charge in [0, 0.05) is 5.56 Å². The molecule has 0 unspecified atom stereocenters. The van der Waals surface area contributed by atoms with Crippen molar-refractivity contribution < 1.29 is 9.90 Å². The quantitative estimate of drug-likeness (QED) is 0.723. The van der Waals surface area contributed by atoms with E-state index in [4.69, 9.17) is 5.11 Å². The molecule has 1 atom stereocenters. The molecule has 0 aliphatic heterocycles. The Bertz CT molecular complexity index is 376. The molecule has 1 aromatic rings. The standard InChI is InChI=1S/C12H13NO2/c1-10(12(14)15)13-9-5-8-11-6-3-2-4-7-11/h2-4,6-7,10,13H,9H2,1H3,(H,14,15)/t10-/m1/s1. The molecule has 0 aliphatic carbocycles. The molecule has 0 heterocycles. The zero-order chi connectivity index (χ0) is 11.1. The lowest BCUT2D eigenvalue weighted by Gasteiger charge is -2.03. The first-order chi connectivity index (χ1) is 7.20. The van der Waals surface area contributed by atoms with Crippen LogP contribution >= 0.6 is 0 Å². The van der Waals surface area contributed by atoms with Crippen molar-refractivity contribution in [3.05, 3.63) is 35.9 Å². The first kappa shape index (κ1) is 11.3. The third-order valence-electron chi connectivity index (χ3n) is 1.87. The summed E-state index contributed by atoms with van der Waals surface area (Å²) in [7, 11) is 0. The zero-order valence-corrected chi connectivity index (χ0v) is 8.53. The maximum atomic E-state index is 10.5. The number of carboxylic acids is 1. The van der Waals surface area contributed by atoms with E-state index in [1.165, 1.54) is 0 Å². The van der Waals surface area contributed by atoms with Crippen LogP contribution in [-0.4, -0.2) is 23.7 Å². The average molecular weight is 203 g/mol. The summed E-state index contributed by atoms with van der Waals surface area (Å²) < 4.78 is 0. The fraction of sp³-hybridized carbons (Fsp3) is 0.250. The van der Waals surface area contributed by atoms with Gasteiger partial charge in [0.2, 0.25) is 0 Å². The molecule has 3 heteroatoms. The average Bonchev–Trinajstić information content (AvgIpc) is 2.25. The van der Waals surface area contributed by atoms with Gasteiger partial charge < -0.3 is 5.11 Å². The van der Waals surface area contributed by atoms with Crippen LogP contribution in [-0.2, 0) is 4.79 Å². The number of benzene rings is 1. The van der Waals surface area contributed by atoms with E-state index in [0.29, 0.717) is 6.54 Å². The fourth-order valence-electron chi connectivity index (χ4n) is 0.959. The van der Waals surface area contributed by atoms with Gasteiger partial charge >= 0.3 is 5.97 Å². The Morgan fingerprint density at radius 1 is 1.47 bits per heavy atom. The SMILES string of the molecule is C[C@@H](NCC#Cc1ccccc1)C(=O)O. The summed E-state index contributed by atoms with van der Waals surface area (Å²) in [5.41, 5.74) is 0.933. The number of hydrogen-bond acceptors (Lipinski definition) is 2. The van der Waals surface area contributed by atoms with Gasteiger partial charge in [-0.05, 0) is 19.1 Å². The molecule has 0 aliphatic rings. The fourth-order valence-corrected chi connectivity index (χ4v) is 0.959. The summed E-state index contributed by atoms with van der Waals surface area (Å²) in [5, 5.41) is 11.4. The van der Waals surface area contributed by atoms with Crippen molar-refractivity contribution in [1.29, 1.82) is 0 Å². The van der Waals surface area contributed by atoms with Gasteiger partial charge in [0.15, 0.2) is 0 Å². The van der Waals surface area contributed by atoms with E-state index < -0.39 is 12.0 Å². The van der Waals surface area contributed by atoms with E-state index in [-0.39, 0.29) is 0 Å². The Hall–Kier alpha value is -1.79. The third kappa shape index (κ3) is 4.30. The summed E-state index contributed by atoms with van der Waals surface area (Å²) in [4.78, 5) is 10.5. The van der Waals surface area contributed by atoms with Crippen LogP contribution in [0.2, 0.25) is 0 Å². The maximum Gasteiger partial charge on any atom is 0.320 e. The highest BCUT2D eigenvalue weighted by molar-refractivity contribution is 5.72. The lowest BCUT2D eigenvalue weighted by molar-refractivity contribution is -0.138. The molecule has 1 aromatic carbocycles. The predicted molar refractivity (Wildman–Crippen MR) is 58.4 cm³/mol. The smallest absolute Gasteiger partial charge is 0.320 e. The van der Waals surface area contributed by atoms with Crippen LogP contribution in [0.25, 0.3) is 0 Å². The van der Waals surface area contributed by atoms with E-state index in [2.05, 4.69) is 17.2 Å². The number of aliphatic carboxylic acids is 1. The molecular weight excluding hydrogens is 190 g/mol. The van der Waals surface area contributed by atoms with E-state index in [9.17, 15) is 4.79 Å². The van der Waals surface area contributed by atoms with Crippen LogP contribution in [0.5, 0.6) is 0 Å². The van der Waals surface area contributed by atoms with Crippen LogP contribution in [0, 0.1) is 11.8 Å². The van der Waals surface area contributed by atoms with Crippen molar-refractivity contribution in [2.45, 2.75) is 13.0 Å². The minimum absolute atomic E-state index is 0.377. The Morgan fingerprint density at radius 3 is 2.73 bits per heavy atom. The summed E-state index contributed by atoms with van der Waals surface area (Å²) in [6.07, 6.45) is 0. The molecule has 78 valence electrons. The van der Waals surface area contributed by atoms with Crippen LogP contribution in [0.1, 0.15) is 12.5 Å². The molecule has 0 aromatic heterocycles. The predicted octanol–water partition coefficient (Wildman–Crippen LogP) is 1.10. The Morgan fingerprint density at radius 2 is 2.13 bits per heavy atom. The highest BCUT2D eigenvalue weighted by Gasteiger charge is 2.07. The third-order valence-corrected chi connectivity index (χ3v) is 1.87. The highest BCUT2D eigenvalue weighted by Crippen LogP contribution is 1.94. The monoisotopic (exact) mass is 203 g/mol. The molecular formula is C12H13NO2. The van der Waals surface area contributed by atoms with Crippen molar-refractivity contribution >= 4 is 5.97 Å². The van der Waals surface area contributed by atoms with E-state index >= 15 is 0 Å². The summed E-state index contributed by atoms with van der Waals surface area (Å²) in [5.74, 6) is 4.93. The molecule has 3 nitrogen and oxygen atoms in total. The molecule has 0 bridgehead atoms. The van der Waals surface area contributed by atoms with Crippen LogP contribution in [0.15, 0.2) is 30.3 Å². The Kier molecular flexibility index (Phi) is 4.39. The largest absolute Gasteiger partial charge is 0.480 e. The Labute approximate surface area is 89.1 Å². The minimum atomic E-state index is -0.864. The van der Waals surface area contributed by atoms with Gasteiger partial charge in [-0.25, -0.2) is 0 Å². The van der Waals surface area contributed by atoms with Gasteiger partial charge in [-0.15, -0.1) is 0 Å². The first-order valence-corrected chi connectivity index (χ1v) is 4.70. The zero-order valence-electron chi connectivity index (χ0n) is 8.53. The van der Waals surface area contributed by atoms with E-state index in [1.54, 1.807) is 6.92 Å². The van der Waals surface area contributed by atoms with E-state index in [1.807, 2.05) is 30.3 Å². The number of rotatable bonds is 3. The van der Waals surface area contributed by atoms with Crippen molar-refractivity contribution in [3.8, 4) is 11.8 Å². The van der Waals surface area contributed by atoms with Gasteiger partial charge in [0.1, 0.15) is 6.04 Å². The molecule has 0 amide bonds. The summed E-state index contributed by atoms with van der Waals surface area (Å²) in [6, 6.07) is 9.02. The molecule has 2 N–H and O–H groups in total. The lowest BCUT2D eigenvalue weighted by atomic mass is 10.2. The number of hydrogen-bond donors (Lipinski definition) is 2. The van der Waals surface area contributed by atoms with Crippen LogP contribution < -0.4 is 5.32 Å². The molecule has 0 spiro atoms. The van der Waals surface area contributed by atoms with Crippen molar-refractivity contribution in [2.75, 3.05) is 6.54 Å². The van der Waals surface area contributed by atoms with E-state index in [0.717, 1.165) is 5.56 Å². The number of carboxylic acid groups (broad SMARTS) is 1. The van der Waals surface area contributed by atoms with Crippen molar-refractivity contribution in [3.63, 3.8) is 0 Å². The first-order valence-electron chi connectivity index (χ1n) is 4.70. The second kappa shape index (κ2) is 5.84. The van der Waals surface area contributed by atoms with Crippen LogP contribution in [0.4, 0.5) is 0 Å². The van der Waals surface area contributed by atoms with Gasteiger partial charge in [-0.2, -0.15) is 0 Å². The second-order valence-electron chi connectivity index (χ2n) is 3.11. The van der Waals surface area contributed by atoms with Gasteiger partial charge in [-0.1, -0.05) is 30.0 Å². The van der Waals surface area contributed by atoms with Gasteiger partial charge in [0.25, 0.3) is 0 Å². The lowest BCUT2D eigenvalue weighted by Crippen LogP contribution is -2.33. The van der Waals surface area contributed by atoms with Gasteiger partial charge in [0.05, 0.1) is 6.54 Å². The normalized spacial score (nSPS) is 11.3. The number of nitrogens with one attached hydrogen (secondary N) is 1. The minimum Gasteiger partial charge on any atom is -0.480 e. The van der Waals surface area contributed by atoms with Crippen molar-refractivity contribution in [1.82, 2.24) is 5.32 Å². The number of carbonyl (C=O) groups is 1. The Balaban J connectivity index is 2.38. The van der Waals surface area contributed by atoms with Gasteiger partial charge in [-0.3, -0.25) is 10.1 Å². The topological polar surface area (TPSA) is 49.3 Å². The second-order valence-corrected chi connectivity index (χ2v) is 3.11. The molecule has 0 fully saturated rings. The van der Waals surface area contributed by atoms with Crippen LogP contribution in [0.3, 0.4) is 0 Å². The molecule has 0 saturated carbocycles. The molecule has 15 heavy (non-hydrogen) atoms. The molecule has 0 radical (unpaired) electrons. The highest BCUT2D eigenvalue weighted by atomic mass is 16.4. The summed E-state index contributed by atoms with van der Waals surface area (Å²) >= 11 is 0.